The smallest absolute Gasteiger partial charge is 0.270 e. The van der Waals surface area contributed by atoms with Gasteiger partial charge in [-0.15, -0.1) is 0 Å². The van der Waals surface area contributed by atoms with Gasteiger partial charge in [0, 0.05) is 19.2 Å². The second-order valence-corrected chi connectivity index (χ2v) is 4.95. The summed E-state index contributed by atoms with van der Waals surface area (Å²) >= 11 is 5.93. The Morgan fingerprint density at radius 1 is 1.43 bits per heavy atom. The Morgan fingerprint density at radius 3 is 2.57 bits per heavy atom. The number of hydrogen-bond acceptors (Lipinski definition) is 4. The van der Waals surface area contributed by atoms with Crippen LogP contribution in [0.3, 0.4) is 0 Å². The summed E-state index contributed by atoms with van der Waals surface area (Å²) < 4.78 is 1.66. The van der Waals surface area contributed by atoms with Gasteiger partial charge >= 0.3 is 0 Å². The van der Waals surface area contributed by atoms with E-state index in [1.54, 1.807) is 18.7 Å². The zero-order valence-corrected chi connectivity index (χ0v) is 12.4. The normalized spacial score (nSPS) is 10.5. The van der Waals surface area contributed by atoms with Gasteiger partial charge in [-0.2, -0.15) is 5.10 Å². The zero-order valence-electron chi connectivity index (χ0n) is 11.7. The van der Waals surface area contributed by atoms with Gasteiger partial charge < -0.3 is 5.32 Å². The van der Waals surface area contributed by atoms with E-state index in [1.165, 1.54) is 12.1 Å². The van der Waals surface area contributed by atoms with Crippen molar-refractivity contribution in [2.24, 2.45) is 7.05 Å². The van der Waals surface area contributed by atoms with E-state index in [1.807, 2.05) is 6.92 Å². The van der Waals surface area contributed by atoms with Gasteiger partial charge in [0.05, 0.1) is 32.6 Å². The molecular formula is C13H13ClN4O3. The molecular weight excluding hydrogens is 296 g/mol. The predicted octanol–water partition coefficient (Wildman–Crippen LogP) is 2.85. The number of aromatic nitrogens is 2. The number of benzene rings is 1. The van der Waals surface area contributed by atoms with Crippen molar-refractivity contribution in [3.63, 3.8) is 0 Å². The molecule has 1 aromatic carbocycles. The van der Waals surface area contributed by atoms with Gasteiger partial charge in [-0.25, -0.2) is 0 Å². The molecule has 1 heterocycles. The summed E-state index contributed by atoms with van der Waals surface area (Å²) in [4.78, 5) is 22.3. The third-order valence-corrected chi connectivity index (χ3v) is 3.47. The number of nitrogens with zero attached hydrogens (tertiary/aromatic N) is 3. The maximum atomic E-state index is 12.2. The minimum atomic E-state index is -0.566. The molecule has 1 N–H and O–H groups in total. The first kappa shape index (κ1) is 15.0. The van der Waals surface area contributed by atoms with Crippen molar-refractivity contribution >= 4 is 28.9 Å². The maximum absolute atomic E-state index is 12.2. The van der Waals surface area contributed by atoms with Crippen molar-refractivity contribution in [2.45, 2.75) is 13.8 Å². The van der Waals surface area contributed by atoms with Crippen LogP contribution in [0.2, 0.25) is 5.02 Å². The van der Waals surface area contributed by atoms with Gasteiger partial charge in [-0.05, 0) is 19.9 Å². The van der Waals surface area contributed by atoms with Crippen molar-refractivity contribution in [3.8, 4) is 0 Å². The molecule has 1 aromatic heterocycles. The summed E-state index contributed by atoms with van der Waals surface area (Å²) in [5.74, 6) is -0.436. The van der Waals surface area contributed by atoms with Crippen molar-refractivity contribution < 1.29 is 9.72 Å². The number of non-ortho nitro benzene ring substituents is 1. The average molecular weight is 309 g/mol. The molecule has 21 heavy (non-hydrogen) atoms. The largest absolute Gasteiger partial charge is 0.319 e. The SMILES string of the molecule is Cc1nn(C)c(C)c1NC(=O)c1ccc([N+](=O)[O-])cc1Cl. The zero-order chi connectivity index (χ0) is 15.7. The Bertz CT molecular complexity index is 739. The van der Waals surface area contributed by atoms with Crippen LogP contribution in [0.4, 0.5) is 11.4 Å². The number of anilines is 1. The summed E-state index contributed by atoms with van der Waals surface area (Å²) in [6, 6.07) is 3.72. The standard InChI is InChI=1S/C13H13ClN4O3/c1-7-12(8(2)17(3)16-7)15-13(19)10-5-4-9(18(20)21)6-11(10)14/h4-6H,1-3H3,(H,15,19). The van der Waals surface area contributed by atoms with E-state index in [4.69, 9.17) is 11.6 Å². The van der Waals surface area contributed by atoms with Crippen LogP contribution in [0.25, 0.3) is 0 Å². The fraction of sp³-hybridized carbons (Fsp3) is 0.231. The quantitative estimate of drug-likeness (QED) is 0.697. The van der Waals surface area contributed by atoms with Crippen LogP contribution >= 0.6 is 11.6 Å². The number of nitro benzene ring substituents is 1. The summed E-state index contributed by atoms with van der Waals surface area (Å²) in [5.41, 5.74) is 2.10. The molecule has 1 amide bonds. The summed E-state index contributed by atoms with van der Waals surface area (Å²) in [7, 11) is 1.77. The number of rotatable bonds is 3. The number of hydrogen-bond donors (Lipinski definition) is 1. The number of nitrogens with one attached hydrogen (secondary N) is 1. The van der Waals surface area contributed by atoms with E-state index < -0.39 is 10.8 Å². The number of carbonyl (C=O) groups excluding carboxylic acids is 1. The van der Waals surface area contributed by atoms with E-state index in [9.17, 15) is 14.9 Å². The van der Waals surface area contributed by atoms with Crippen LogP contribution in [0.15, 0.2) is 18.2 Å². The highest BCUT2D eigenvalue weighted by molar-refractivity contribution is 6.34. The third-order valence-electron chi connectivity index (χ3n) is 3.16. The van der Waals surface area contributed by atoms with Gasteiger partial charge in [-0.1, -0.05) is 11.6 Å². The molecule has 0 spiro atoms. The molecule has 0 saturated carbocycles. The fourth-order valence-corrected chi connectivity index (χ4v) is 2.20. The summed E-state index contributed by atoms with van der Waals surface area (Å²) in [6.07, 6.45) is 0. The van der Waals surface area contributed by atoms with Crippen molar-refractivity contribution in [1.29, 1.82) is 0 Å². The Kier molecular flexibility index (Phi) is 3.95. The molecule has 0 radical (unpaired) electrons. The lowest BCUT2D eigenvalue weighted by molar-refractivity contribution is -0.384. The lowest BCUT2D eigenvalue weighted by atomic mass is 10.2. The minimum absolute atomic E-state index is 0.0286. The van der Waals surface area contributed by atoms with Crippen molar-refractivity contribution in [2.75, 3.05) is 5.32 Å². The maximum Gasteiger partial charge on any atom is 0.270 e. The van der Waals surface area contributed by atoms with E-state index in [2.05, 4.69) is 10.4 Å². The van der Waals surface area contributed by atoms with Gasteiger partial charge in [-0.3, -0.25) is 19.6 Å². The van der Waals surface area contributed by atoms with Crippen molar-refractivity contribution in [3.05, 3.63) is 50.3 Å². The van der Waals surface area contributed by atoms with Crippen LogP contribution in [-0.2, 0) is 7.05 Å². The highest BCUT2D eigenvalue weighted by Crippen LogP contribution is 2.25. The molecule has 0 aliphatic rings. The molecule has 0 aliphatic heterocycles. The van der Waals surface area contributed by atoms with Gasteiger partial charge in [0.2, 0.25) is 0 Å². The van der Waals surface area contributed by atoms with E-state index >= 15 is 0 Å². The Labute approximate surface area is 125 Å². The minimum Gasteiger partial charge on any atom is -0.319 e. The summed E-state index contributed by atoms with van der Waals surface area (Å²) in [5, 5.41) is 17.6. The molecule has 110 valence electrons. The van der Waals surface area contributed by atoms with Gasteiger partial charge in [0.25, 0.3) is 11.6 Å². The Balaban J connectivity index is 2.31. The second-order valence-electron chi connectivity index (χ2n) is 4.54. The molecule has 0 unspecified atom stereocenters. The highest BCUT2D eigenvalue weighted by atomic mass is 35.5. The first-order chi connectivity index (χ1) is 9.81. The van der Waals surface area contributed by atoms with Crippen LogP contribution in [0.5, 0.6) is 0 Å². The van der Waals surface area contributed by atoms with Crippen LogP contribution in [-0.4, -0.2) is 20.6 Å². The molecule has 0 saturated heterocycles. The van der Waals surface area contributed by atoms with Crippen LogP contribution in [0.1, 0.15) is 21.7 Å². The number of carbonyl (C=O) groups is 1. The molecule has 0 aliphatic carbocycles. The third kappa shape index (κ3) is 2.87. The first-order valence-electron chi connectivity index (χ1n) is 6.06. The average Bonchev–Trinajstić information content (AvgIpc) is 2.65. The monoisotopic (exact) mass is 308 g/mol. The Hall–Kier alpha value is -2.41. The number of halogens is 1. The van der Waals surface area contributed by atoms with Gasteiger partial charge in [0.15, 0.2) is 0 Å². The number of amides is 1. The van der Waals surface area contributed by atoms with Crippen LogP contribution < -0.4 is 5.32 Å². The second kappa shape index (κ2) is 5.53. The molecule has 0 atom stereocenters. The Morgan fingerprint density at radius 2 is 2.10 bits per heavy atom. The molecule has 2 aromatic rings. The fourth-order valence-electron chi connectivity index (χ4n) is 1.94. The topological polar surface area (TPSA) is 90.1 Å². The predicted molar refractivity (Wildman–Crippen MR) is 78.7 cm³/mol. The molecule has 7 nitrogen and oxygen atoms in total. The van der Waals surface area contributed by atoms with Crippen molar-refractivity contribution in [1.82, 2.24) is 9.78 Å². The molecule has 8 heteroatoms. The lowest BCUT2D eigenvalue weighted by Crippen LogP contribution is -2.13. The van der Waals surface area contributed by atoms with Gasteiger partial charge in [0.1, 0.15) is 0 Å². The van der Waals surface area contributed by atoms with Crippen LogP contribution in [0, 0.1) is 24.0 Å². The highest BCUT2D eigenvalue weighted by Gasteiger charge is 2.18. The van der Waals surface area contributed by atoms with E-state index in [0.717, 1.165) is 11.8 Å². The lowest BCUT2D eigenvalue weighted by Gasteiger charge is -2.07. The summed E-state index contributed by atoms with van der Waals surface area (Å²) in [6.45, 7) is 3.60. The van der Waals surface area contributed by atoms with E-state index in [0.29, 0.717) is 11.4 Å². The number of aryl methyl sites for hydroxylation is 2. The molecule has 0 bridgehead atoms. The number of nitro groups is 1. The first-order valence-corrected chi connectivity index (χ1v) is 6.44. The molecule has 0 fully saturated rings. The van der Waals surface area contributed by atoms with E-state index in [-0.39, 0.29) is 16.3 Å². The molecule has 2 rings (SSSR count).